The van der Waals surface area contributed by atoms with Gasteiger partial charge in [0, 0.05) is 30.4 Å². The summed E-state index contributed by atoms with van der Waals surface area (Å²) in [5.74, 6) is -0.408. The summed E-state index contributed by atoms with van der Waals surface area (Å²) in [7, 11) is 0. The normalized spacial score (nSPS) is 10.9. The van der Waals surface area contributed by atoms with Gasteiger partial charge in [-0.1, -0.05) is 12.1 Å². The summed E-state index contributed by atoms with van der Waals surface area (Å²) in [4.78, 5) is 27.1. The number of ether oxygens (including phenoxy) is 1. The van der Waals surface area contributed by atoms with Crippen LogP contribution in [0.2, 0.25) is 0 Å². The molecule has 0 bridgehead atoms. The van der Waals surface area contributed by atoms with Crippen LogP contribution in [0.3, 0.4) is 0 Å². The maximum atomic E-state index is 12.0. The molecule has 0 aliphatic heterocycles. The Kier molecular flexibility index (Phi) is 4.95. The van der Waals surface area contributed by atoms with Gasteiger partial charge in [0.1, 0.15) is 5.75 Å². The summed E-state index contributed by atoms with van der Waals surface area (Å²) in [6, 6.07) is 12.1. The number of nitrogens with zero attached hydrogens (tertiary/aromatic N) is 1. The molecule has 1 aromatic carbocycles. The van der Waals surface area contributed by atoms with Gasteiger partial charge >= 0.3 is 5.97 Å². The Balaban J connectivity index is 2.03. The van der Waals surface area contributed by atoms with Crippen molar-refractivity contribution in [1.29, 1.82) is 0 Å². The second-order valence-corrected chi connectivity index (χ2v) is 5.71. The number of anilines is 1. The Morgan fingerprint density at radius 3 is 2.65 bits per heavy atom. The van der Waals surface area contributed by atoms with Crippen molar-refractivity contribution in [2.24, 2.45) is 5.41 Å². The van der Waals surface area contributed by atoms with Crippen molar-refractivity contribution in [3.63, 3.8) is 0 Å². The predicted octanol–water partition coefficient (Wildman–Crippen LogP) is 3.31. The van der Waals surface area contributed by atoms with E-state index in [0.717, 1.165) is 0 Å². The van der Waals surface area contributed by atoms with Gasteiger partial charge < -0.3 is 15.2 Å². The van der Waals surface area contributed by atoms with Gasteiger partial charge in [-0.2, -0.15) is 0 Å². The third kappa shape index (κ3) is 4.81. The second-order valence-electron chi connectivity index (χ2n) is 5.71. The fourth-order valence-corrected chi connectivity index (χ4v) is 1.85. The monoisotopic (exact) mass is 314 g/mol. The third-order valence-electron chi connectivity index (χ3n) is 3.16. The van der Waals surface area contributed by atoms with E-state index in [-0.39, 0.29) is 12.3 Å². The van der Waals surface area contributed by atoms with Crippen molar-refractivity contribution in [2.75, 3.05) is 5.32 Å². The minimum atomic E-state index is -1.12. The van der Waals surface area contributed by atoms with Crippen molar-refractivity contribution in [3.8, 4) is 11.6 Å². The van der Waals surface area contributed by atoms with Gasteiger partial charge in [0.25, 0.3) is 0 Å². The number of aromatic nitrogens is 1. The summed E-state index contributed by atoms with van der Waals surface area (Å²) in [6.45, 7) is 3.02. The summed E-state index contributed by atoms with van der Waals surface area (Å²) < 4.78 is 5.58. The number of benzene rings is 1. The van der Waals surface area contributed by atoms with Crippen LogP contribution in [-0.2, 0) is 9.59 Å². The standard InChI is InChI=1S/C17H18N2O4/c1-17(2,16(21)22)11-14(20)19-12-6-5-7-13(10-12)23-15-8-3-4-9-18-15/h3-10H,11H2,1-2H3,(H,19,20)(H,21,22). The molecule has 1 amide bonds. The van der Waals surface area contributed by atoms with E-state index in [2.05, 4.69) is 10.3 Å². The molecular formula is C17H18N2O4. The van der Waals surface area contributed by atoms with Crippen LogP contribution in [0.25, 0.3) is 0 Å². The quantitative estimate of drug-likeness (QED) is 0.854. The molecule has 0 fully saturated rings. The molecule has 0 saturated heterocycles. The minimum Gasteiger partial charge on any atom is -0.481 e. The third-order valence-corrected chi connectivity index (χ3v) is 3.16. The molecule has 2 N–H and O–H groups in total. The van der Waals surface area contributed by atoms with Crippen LogP contribution in [0.1, 0.15) is 20.3 Å². The van der Waals surface area contributed by atoms with E-state index in [1.807, 2.05) is 6.07 Å². The smallest absolute Gasteiger partial charge is 0.309 e. The van der Waals surface area contributed by atoms with Crippen LogP contribution in [0.4, 0.5) is 5.69 Å². The van der Waals surface area contributed by atoms with Gasteiger partial charge in [0.05, 0.1) is 5.41 Å². The zero-order chi connectivity index (χ0) is 16.9. The van der Waals surface area contributed by atoms with Gasteiger partial charge in [-0.15, -0.1) is 0 Å². The van der Waals surface area contributed by atoms with Crippen molar-refractivity contribution < 1.29 is 19.4 Å². The summed E-state index contributed by atoms with van der Waals surface area (Å²) >= 11 is 0. The first-order valence-electron chi connectivity index (χ1n) is 7.09. The zero-order valence-corrected chi connectivity index (χ0v) is 12.9. The van der Waals surface area contributed by atoms with Crippen LogP contribution in [-0.4, -0.2) is 22.0 Å². The molecular weight excluding hydrogens is 296 g/mol. The summed E-state index contributed by atoms with van der Waals surface area (Å²) in [6.07, 6.45) is 1.50. The number of hydrogen-bond acceptors (Lipinski definition) is 4. The second kappa shape index (κ2) is 6.91. The van der Waals surface area contributed by atoms with E-state index in [1.165, 1.54) is 13.8 Å². The summed E-state index contributed by atoms with van der Waals surface area (Å²) in [5, 5.41) is 11.7. The number of carboxylic acids is 1. The Hall–Kier alpha value is -2.89. The average Bonchev–Trinajstić information content (AvgIpc) is 2.47. The van der Waals surface area contributed by atoms with Crippen molar-refractivity contribution in [3.05, 3.63) is 48.7 Å². The van der Waals surface area contributed by atoms with Crippen LogP contribution >= 0.6 is 0 Å². The maximum absolute atomic E-state index is 12.0. The van der Waals surface area contributed by atoms with Gasteiger partial charge in [0.2, 0.25) is 11.8 Å². The highest BCUT2D eigenvalue weighted by molar-refractivity contribution is 5.94. The number of aliphatic carboxylic acids is 1. The van der Waals surface area contributed by atoms with E-state index in [0.29, 0.717) is 17.3 Å². The fourth-order valence-electron chi connectivity index (χ4n) is 1.85. The number of amides is 1. The lowest BCUT2D eigenvalue weighted by Crippen LogP contribution is -2.29. The molecule has 23 heavy (non-hydrogen) atoms. The lowest BCUT2D eigenvalue weighted by atomic mass is 9.89. The zero-order valence-electron chi connectivity index (χ0n) is 12.9. The lowest BCUT2D eigenvalue weighted by Gasteiger charge is -2.18. The predicted molar refractivity (Wildman–Crippen MR) is 85.4 cm³/mol. The van der Waals surface area contributed by atoms with Gasteiger partial charge in [-0.3, -0.25) is 9.59 Å². The van der Waals surface area contributed by atoms with Gasteiger partial charge in [-0.25, -0.2) is 4.98 Å². The number of carbonyl (C=O) groups excluding carboxylic acids is 1. The van der Waals surface area contributed by atoms with Crippen LogP contribution in [0.15, 0.2) is 48.7 Å². The number of hydrogen-bond donors (Lipinski definition) is 2. The first kappa shape index (κ1) is 16.5. The highest BCUT2D eigenvalue weighted by atomic mass is 16.5. The molecule has 0 spiro atoms. The lowest BCUT2D eigenvalue weighted by molar-refractivity contribution is -0.148. The van der Waals surface area contributed by atoms with Gasteiger partial charge in [-0.05, 0) is 32.0 Å². The largest absolute Gasteiger partial charge is 0.481 e. The fraction of sp³-hybridized carbons (Fsp3) is 0.235. The van der Waals surface area contributed by atoms with Crippen LogP contribution in [0, 0.1) is 5.41 Å². The molecule has 0 radical (unpaired) electrons. The molecule has 6 heteroatoms. The number of rotatable bonds is 6. The van der Waals surface area contributed by atoms with E-state index < -0.39 is 11.4 Å². The molecule has 0 aliphatic carbocycles. The van der Waals surface area contributed by atoms with Crippen molar-refractivity contribution >= 4 is 17.6 Å². The topological polar surface area (TPSA) is 88.5 Å². The number of carbonyl (C=O) groups is 2. The minimum absolute atomic E-state index is 0.117. The van der Waals surface area contributed by atoms with E-state index in [1.54, 1.807) is 42.6 Å². The van der Waals surface area contributed by atoms with Crippen LogP contribution in [0.5, 0.6) is 11.6 Å². The average molecular weight is 314 g/mol. The van der Waals surface area contributed by atoms with Crippen molar-refractivity contribution in [2.45, 2.75) is 20.3 Å². The SMILES string of the molecule is CC(C)(CC(=O)Nc1cccc(Oc2ccccn2)c1)C(=O)O. The Morgan fingerprint density at radius 2 is 2.00 bits per heavy atom. The first-order chi connectivity index (χ1) is 10.9. The van der Waals surface area contributed by atoms with E-state index >= 15 is 0 Å². The molecule has 120 valence electrons. The molecule has 6 nitrogen and oxygen atoms in total. The van der Waals surface area contributed by atoms with Gasteiger partial charge in [0.15, 0.2) is 0 Å². The van der Waals surface area contributed by atoms with Crippen molar-refractivity contribution in [1.82, 2.24) is 4.98 Å². The molecule has 0 aliphatic rings. The molecule has 2 aromatic rings. The molecule has 2 rings (SSSR count). The highest BCUT2D eigenvalue weighted by Gasteiger charge is 2.30. The first-order valence-corrected chi connectivity index (χ1v) is 7.09. The number of nitrogens with one attached hydrogen (secondary N) is 1. The molecule has 1 heterocycles. The number of pyridine rings is 1. The summed E-state index contributed by atoms with van der Waals surface area (Å²) in [5.41, 5.74) is -0.587. The Morgan fingerprint density at radius 1 is 1.22 bits per heavy atom. The molecule has 0 atom stereocenters. The molecule has 0 saturated carbocycles. The molecule has 0 unspecified atom stereocenters. The Bertz CT molecular complexity index is 699. The maximum Gasteiger partial charge on any atom is 0.309 e. The van der Waals surface area contributed by atoms with Crippen LogP contribution < -0.4 is 10.1 Å². The number of carboxylic acid groups (broad SMARTS) is 1. The van der Waals surface area contributed by atoms with E-state index in [4.69, 9.17) is 9.84 Å². The van der Waals surface area contributed by atoms with E-state index in [9.17, 15) is 9.59 Å². The Labute approximate surface area is 134 Å². The molecule has 1 aromatic heterocycles. The highest BCUT2D eigenvalue weighted by Crippen LogP contribution is 2.24.